The molecule has 2 amide bonds. The molecular weight excluding hydrogens is 322 g/mol. The zero-order chi connectivity index (χ0) is 17.7. The summed E-state index contributed by atoms with van der Waals surface area (Å²) in [6.45, 7) is 0. The summed E-state index contributed by atoms with van der Waals surface area (Å²) in [5, 5.41) is 0. The lowest BCUT2D eigenvalue weighted by atomic mass is 9.93. The fourth-order valence-corrected chi connectivity index (χ4v) is 4.21. The van der Waals surface area contributed by atoms with E-state index in [1.807, 2.05) is 48.5 Å². The van der Waals surface area contributed by atoms with Gasteiger partial charge in [0, 0.05) is 0 Å². The van der Waals surface area contributed by atoms with Gasteiger partial charge in [-0.1, -0.05) is 60.7 Å². The Morgan fingerprint density at radius 2 is 1.04 bits per heavy atom. The first-order valence-corrected chi connectivity index (χ1v) is 8.88. The average molecular weight is 339 g/mol. The molecule has 5 rings (SSSR count). The summed E-state index contributed by atoms with van der Waals surface area (Å²) in [6, 6.07) is 23.0. The van der Waals surface area contributed by atoms with Crippen LogP contribution in [0.15, 0.2) is 72.8 Å². The summed E-state index contributed by atoms with van der Waals surface area (Å²) in [4.78, 5) is 27.7. The molecule has 0 N–H and O–H groups in total. The summed E-state index contributed by atoms with van der Waals surface area (Å²) in [5.74, 6) is -0.413. The van der Waals surface area contributed by atoms with Crippen LogP contribution in [0.2, 0.25) is 0 Å². The van der Waals surface area contributed by atoms with E-state index >= 15 is 0 Å². The maximum Gasteiger partial charge on any atom is 0.262 e. The molecular formula is C23H17NO2. The molecule has 26 heavy (non-hydrogen) atoms. The summed E-state index contributed by atoms with van der Waals surface area (Å²) < 4.78 is 0. The quantitative estimate of drug-likeness (QED) is 0.624. The van der Waals surface area contributed by atoms with Gasteiger partial charge >= 0.3 is 0 Å². The minimum absolute atomic E-state index is 0.206. The third kappa shape index (κ3) is 2.07. The molecule has 3 nitrogen and oxygen atoms in total. The monoisotopic (exact) mass is 339 g/mol. The molecule has 0 spiro atoms. The molecule has 3 heteroatoms. The van der Waals surface area contributed by atoms with Crippen LogP contribution in [0.25, 0.3) is 0 Å². The highest BCUT2D eigenvalue weighted by atomic mass is 16.2. The van der Waals surface area contributed by atoms with E-state index in [0.717, 1.165) is 24.0 Å². The van der Waals surface area contributed by atoms with Crippen molar-refractivity contribution >= 4 is 11.8 Å². The molecule has 0 unspecified atom stereocenters. The minimum atomic E-state index is -0.378. The number of carbonyl (C=O) groups excluding carboxylic acids is 2. The Hall–Kier alpha value is -3.20. The van der Waals surface area contributed by atoms with Crippen molar-refractivity contribution in [1.29, 1.82) is 0 Å². The Morgan fingerprint density at radius 3 is 1.54 bits per heavy atom. The first-order valence-electron chi connectivity index (χ1n) is 8.88. The summed E-state index contributed by atoms with van der Waals surface area (Å²) in [6.07, 6.45) is 1.82. The number of amides is 2. The van der Waals surface area contributed by atoms with Gasteiger partial charge in [-0.3, -0.25) is 14.5 Å². The number of rotatable bonds is 1. The molecule has 0 aromatic heterocycles. The Kier molecular flexibility index (Phi) is 3.29. The van der Waals surface area contributed by atoms with Gasteiger partial charge < -0.3 is 0 Å². The van der Waals surface area contributed by atoms with Gasteiger partial charge in [-0.15, -0.1) is 0 Å². The van der Waals surface area contributed by atoms with Crippen molar-refractivity contribution < 1.29 is 9.59 Å². The van der Waals surface area contributed by atoms with E-state index in [1.54, 1.807) is 12.1 Å². The first kappa shape index (κ1) is 15.1. The van der Waals surface area contributed by atoms with Gasteiger partial charge in [-0.05, 0) is 47.2 Å². The van der Waals surface area contributed by atoms with E-state index in [2.05, 4.69) is 12.1 Å². The molecule has 126 valence electrons. The van der Waals surface area contributed by atoms with Gasteiger partial charge in [0.1, 0.15) is 0 Å². The third-order valence-corrected chi connectivity index (χ3v) is 5.45. The minimum Gasteiger partial charge on any atom is -0.269 e. The fraction of sp³-hybridized carbons (Fsp3) is 0.130. The van der Waals surface area contributed by atoms with E-state index in [9.17, 15) is 9.59 Å². The smallest absolute Gasteiger partial charge is 0.262 e. The molecule has 0 bridgehead atoms. The number of hydrogen-bond donors (Lipinski definition) is 0. The van der Waals surface area contributed by atoms with Gasteiger partial charge in [-0.2, -0.15) is 0 Å². The highest BCUT2D eigenvalue weighted by Gasteiger charge is 2.42. The second-order valence-electron chi connectivity index (χ2n) is 6.83. The van der Waals surface area contributed by atoms with Crippen LogP contribution in [0.1, 0.15) is 49.0 Å². The Morgan fingerprint density at radius 1 is 0.615 bits per heavy atom. The van der Waals surface area contributed by atoms with Crippen LogP contribution < -0.4 is 0 Å². The molecule has 3 aromatic rings. The van der Waals surface area contributed by atoms with E-state index in [-0.39, 0.29) is 17.9 Å². The SMILES string of the molecule is O=C1c2ccccc2C(=O)N1C1c2ccccc2CCc2ccccc21. The maximum absolute atomic E-state index is 13.1. The van der Waals surface area contributed by atoms with Crippen LogP contribution in [0, 0.1) is 0 Å². The van der Waals surface area contributed by atoms with E-state index in [0.29, 0.717) is 11.1 Å². The average Bonchev–Trinajstić information content (AvgIpc) is 2.84. The molecule has 0 radical (unpaired) electrons. The van der Waals surface area contributed by atoms with Crippen molar-refractivity contribution in [1.82, 2.24) is 4.90 Å². The van der Waals surface area contributed by atoms with Crippen LogP contribution in [0.3, 0.4) is 0 Å². The molecule has 0 saturated heterocycles. The fourth-order valence-electron chi connectivity index (χ4n) is 4.21. The topological polar surface area (TPSA) is 37.4 Å². The predicted molar refractivity (Wildman–Crippen MR) is 99.1 cm³/mol. The van der Waals surface area contributed by atoms with Gasteiger partial charge in [0.25, 0.3) is 11.8 Å². The molecule has 3 aromatic carbocycles. The van der Waals surface area contributed by atoms with Crippen molar-refractivity contribution in [3.63, 3.8) is 0 Å². The number of fused-ring (bicyclic) bond motifs is 3. The zero-order valence-corrected chi connectivity index (χ0v) is 14.2. The normalized spacial score (nSPS) is 16.1. The van der Waals surface area contributed by atoms with Gasteiger partial charge in [0.15, 0.2) is 0 Å². The van der Waals surface area contributed by atoms with Gasteiger partial charge in [0.05, 0.1) is 17.2 Å². The van der Waals surface area contributed by atoms with Crippen molar-refractivity contribution in [3.05, 3.63) is 106 Å². The molecule has 0 fully saturated rings. The highest BCUT2D eigenvalue weighted by Crippen LogP contribution is 2.40. The van der Waals surface area contributed by atoms with Gasteiger partial charge in [-0.25, -0.2) is 0 Å². The largest absolute Gasteiger partial charge is 0.269 e. The van der Waals surface area contributed by atoms with Crippen LogP contribution in [0.5, 0.6) is 0 Å². The van der Waals surface area contributed by atoms with Crippen molar-refractivity contribution in [2.75, 3.05) is 0 Å². The van der Waals surface area contributed by atoms with Crippen molar-refractivity contribution in [2.24, 2.45) is 0 Å². The number of nitrogens with zero attached hydrogens (tertiary/aromatic N) is 1. The molecule has 1 aliphatic carbocycles. The number of imide groups is 1. The van der Waals surface area contributed by atoms with Crippen LogP contribution in [0.4, 0.5) is 0 Å². The third-order valence-electron chi connectivity index (χ3n) is 5.45. The molecule has 2 aliphatic rings. The lowest BCUT2D eigenvalue weighted by Crippen LogP contribution is -2.35. The second kappa shape index (κ2) is 5.67. The maximum atomic E-state index is 13.1. The number of aryl methyl sites for hydroxylation is 2. The lowest BCUT2D eigenvalue weighted by Gasteiger charge is -2.28. The lowest BCUT2D eigenvalue weighted by molar-refractivity contribution is 0.0608. The molecule has 1 heterocycles. The standard InChI is InChI=1S/C23H17NO2/c25-22-19-11-5-6-12-20(19)23(26)24(22)21-17-9-3-1-7-15(17)13-14-16-8-2-4-10-18(16)21/h1-12,21H,13-14H2. The van der Waals surface area contributed by atoms with Crippen molar-refractivity contribution in [3.8, 4) is 0 Å². The summed E-state index contributed by atoms with van der Waals surface area (Å²) >= 11 is 0. The van der Waals surface area contributed by atoms with Crippen LogP contribution >= 0.6 is 0 Å². The number of hydrogen-bond acceptors (Lipinski definition) is 2. The van der Waals surface area contributed by atoms with Crippen LogP contribution in [-0.2, 0) is 12.8 Å². The molecule has 1 aliphatic heterocycles. The van der Waals surface area contributed by atoms with E-state index in [1.165, 1.54) is 16.0 Å². The Labute approximate surface area is 151 Å². The highest BCUT2D eigenvalue weighted by molar-refractivity contribution is 6.21. The van der Waals surface area contributed by atoms with Gasteiger partial charge in [0.2, 0.25) is 0 Å². The Bertz CT molecular complexity index is 971. The van der Waals surface area contributed by atoms with E-state index < -0.39 is 0 Å². The van der Waals surface area contributed by atoms with E-state index in [4.69, 9.17) is 0 Å². The number of benzene rings is 3. The number of carbonyl (C=O) groups is 2. The summed E-state index contributed by atoms with van der Waals surface area (Å²) in [5.41, 5.74) is 5.49. The second-order valence-corrected chi connectivity index (χ2v) is 6.83. The van der Waals surface area contributed by atoms with Crippen LogP contribution in [-0.4, -0.2) is 16.7 Å². The summed E-state index contributed by atoms with van der Waals surface area (Å²) in [7, 11) is 0. The molecule has 0 saturated carbocycles. The van der Waals surface area contributed by atoms with Crippen molar-refractivity contribution in [2.45, 2.75) is 18.9 Å². The zero-order valence-electron chi connectivity index (χ0n) is 14.2. The predicted octanol–water partition coefficient (Wildman–Crippen LogP) is 4.17. The first-order chi connectivity index (χ1) is 12.8. The Balaban J connectivity index is 1.75. The molecule has 0 atom stereocenters.